The Morgan fingerprint density at radius 3 is 2.42 bits per heavy atom. The molecule has 0 aliphatic heterocycles. The lowest BCUT2D eigenvalue weighted by Gasteiger charge is -2.27. The van der Waals surface area contributed by atoms with Gasteiger partial charge in [0.05, 0.1) is 25.5 Å². The summed E-state index contributed by atoms with van der Waals surface area (Å²) in [7, 11) is 5.54. The van der Waals surface area contributed by atoms with Gasteiger partial charge in [-0.05, 0) is 63.6 Å². The lowest BCUT2D eigenvalue weighted by atomic mass is 10.1. The second-order valence-electron chi connectivity index (χ2n) is 7.67. The number of rotatable bonds is 8. The molecule has 26 heavy (non-hydrogen) atoms. The SMILES string of the molecule is COc1ccc(-c2nc(CN(C)C(C3CC3)C3CC3)c(C)o2)c(OC)c1. The molecule has 1 aromatic heterocycles. The van der Waals surface area contributed by atoms with Gasteiger partial charge in [0, 0.05) is 18.7 Å². The van der Waals surface area contributed by atoms with Crippen LogP contribution in [0.4, 0.5) is 0 Å². The van der Waals surface area contributed by atoms with Crippen molar-refractivity contribution < 1.29 is 13.9 Å². The first-order chi connectivity index (χ1) is 12.6. The van der Waals surface area contributed by atoms with E-state index < -0.39 is 0 Å². The average molecular weight is 356 g/mol. The molecule has 0 spiro atoms. The van der Waals surface area contributed by atoms with Crippen molar-refractivity contribution in [3.8, 4) is 23.0 Å². The minimum Gasteiger partial charge on any atom is -0.497 e. The molecular weight excluding hydrogens is 328 g/mol. The van der Waals surface area contributed by atoms with Crippen LogP contribution in [0.25, 0.3) is 11.5 Å². The van der Waals surface area contributed by atoms with E-state index in [1.54, 1.807) is 14.2 Å². The van der Waals surface area contributed by atoms with E-state index in [2.05, 4.69) is 11.9 Å². The number of benzene rings is 1. The fraction of sp³-hybridized carbons (Fsp3) is 0.571. The molecule has 0 N–H and O–H groups in total. The van der Waals surface area contributed by atoms with E-state index in [0.717, 1.165) is 41.1 Å². The molecule has 2 fully saturated rings. The van der Waals surface area contributed by atoms with Crippen molar-refractivity contribution in [1.29, 1.82) is 0 Å². The normalized spacial score (nSPS) is 17.2. The zero-order valence-electron chi connectivity index (χ0n) is 16.1. The van der Waals surface area contributed by atoms with Crippen molar-refractivity contribution >= 4 is 0 Å². The van der Waals surface area contributed by atoms with Crippen LogP contribution in [0.2, 0.25) is 0 Å². The van der Waals surface area contributed by atoms with Crippen molar-refractivity contribution in [2.24, 2.45) is 11.8 Å². The van der Waals surface area contributed by atoms with Crippen molar-refractivity contribution in [3.63, 3.8) is 0 Å². The first kappa shape index (κ1) is 17.4. The van der Waals surface area contributed by atoms with E-state index in [1.165, 1.54) is 25.7 Å². The van der Waals surface area contributed by atoms with Gasteiger partial charge >= 0.3 is 0 Å². The summed E-state index contributed by atoms with van der Waals surface area (Å²) in [5.41, 5.74) is 1.87. The fourth-order valence-corrected chi connectivity index (χ4v) is 3.99. The second-order valence-corrected chi connectivity index (χ2v) is 7.67. The zero-order chi connectivity index (χ0) is 18.3. The number of hydrogen-bond donors (Lipinski definition) is 0. The van der Waals surface area contributed by atoms with Crippen LogP contribution < -0.4 is 9.47 Å². The van der Waals surface area contributed by atoms with E-state index in [1.807, 2.05) is 25.1 Å². The molecule has 1 heterocycles. The summed E-state index contributed by atoms with van der Waals surface area (Å²) in [6.45, 7) is 2.84. The Hall–Kier alpha value is -2.01. The molecule has 0 bridgehead atoms. The number of hydrogen-bond acceptors (Lipinski definition) is 5. The topological polar surface area (TPSA) is 47.7 Å². The standard InChI is InChI=1S/C21H28N2O3/c1-13-18(12-23(2)20(14-5-6-14)15-7-8-15)22-21(26-13)17-10-9-16(24-3)11-19(17)25-4/h9-11,14-15,20H,5-8,12H2,1-4H3. The lowest BCUT2D eigenvalue weighted by molar-refractivity contribution is 0.184. The number of methoxy groups -OCH3 is 2. The Morgan fingerprint density at radius 2 is 1.85 bits per heavy atom. The van der Waals surface area contributed by atoms with E-state index >= 15 is 0 Å². The van der Waals surface area contributed by atoms with Crippen LogP contribution in [0.3, 0.4) is 0 Å². The summed E-state index contributed by atoms with van der Waals surface area (Å²) < 4.78 is 16.8. The molecule has 0 atom stereocenters. The van der Waals surface area contributed by atoms with Gasteiger partial charge in [0.1, 0.15) is 17.3 Å². The molecule has 0 saturated heterocycles. The highest BCUT2D eigenvalue weighted by Gasteiger charge is 2.43. The third-order valence-corrected chi connectivity index (χ3v) is 5.65. The summed E-state index contributed by atoms with van der Waals surface area (Å²) in [6.07, 6.45) is 5.55. The maximum atomic E-state index is 5.99. The molecule has 0 radical (unpaired) electrons. The quantitative estimate of drug-likeness (QED) is 0.706. The summed E-state index contributed by atoms with van der Waals surface area (Å²) in [5.74, 6) is 4.74. The Labute approximate surface area is 155 Å². The largest absolute Gasteiger partial charge is 0.497 e. The first-order valence-electron chi connectivity index (χ1n) is 9.49. The van der Waals surface area contributed by atoms with E-state index in [0.29, 0.717) is 17.7 Å². The highest BCUT2D eigenvalue weighted by Crippen LogP contribution is 2.47. The molecule has 2 saturated carbocycles. The van der Waals surface area contributed by atoms with Crippen LogP contribution in [-0.4, -0.2) is 37.2 Å². The fourth-order valence-electron chi connectivity index (χ4n) is 3.99. The van der Waals surface area contributed by atoms with Crippen LogP contribution in [0, 0.1) is 18.8 Å². The molecule has 1 aromatic carbocycles. The van der Waals surface area contributed by atoms with Crippen LogP contribution in [0.15, 0.2) is 22.6 Å². The molecule has 140 valence electrons. The highest BCUT2D eigenvalue weighted by molar-refractivity contribution is 5.65. The van der Waals surface area contributed by atoms with Gasteiger partial charge in [-0.15, -0.1) is 0 Å². The Balaban J connectivity index is 1.55. The molecule has 5 heteroatoms. The average Bonchev–Trinajstić information content (AvgIpc) is 3.57. The minimum atomic E-state index is 0.611. The van der Waals surface area contributed by atoms with E-state index in [-0.39, 0.29) is 0 Å². The van der Waals surface area contributed by atoms with Gasteiger partial charge in [0.2, 0.25) is 5.89 Å². The van der Waals surface area contributed by atoms with Crippen LogP contribution in [0.5, 0.6) is 11.5 Å². The van der Waals surface area contributed by atoms with Crippen molar-refractivity contribution in [2.75, 3.05) is 21.3 Å². The molecule has 2 aliphatic rings. The number of oxazole rings is 1. The van der Waals surface area contributed by atoms with E-state index in [4.69, 9.17) is 18.9 Å². The van der Waals surface area contributed by atoms with Crippen molar-refractivity contribution in [3.05, 3.63) is 29.7 Å². The molecule has 4 rings (SSSR count). The van der Waals surface area contributed by atoms with Crippen LogP contribution in [0.1, 0.15) is 37.1 Å². The molecule has 0 amide bonds. The van der Waals surface area contributed by atoms with Gasteiger partial charge in [0.25, 0.3) is 0 Å². The highest BCUT2D eigenvalue weighted by atomic mass is 16.5. The summed E-state index contributed by atoms with van der Waals surface area (Å²) in [6, 6.07) is 6.41. The van der Waals surface area contributed by atoms with Gasteiger partial charge in [-0.3, -0.25) is 4.90 Å². The smallest absolute Gasteiger partial charge is 0.230 e. The summed E-state index contributed by atoms with van der Waals surface area (Å²) >= 11 is 0. The van der Waals surface area contributed by atoms with Gasteiger partial charge in [-0.2, -0.15) is 0 Å². The molecule has 2 aliphatic carbocycles. The summed E-state index contributed by atoms with van der Waals surface area (Å²) in [4.78, 5) is 7.29. The number of nitrogens with zero attached hydrogens (tertiary/aromatic N) is 2. The Morgan fingerprint density at radius 1 is 1.15 bits per heavy atom. The number of aryl methyl sites for hydroxylation is 1. The molecular formula is C21H28N2O3. The Bertz CT molecular complexity index is 766. The third kappa shape index (κ3) is 3.45. The van der Waals surface area contributed by atoms with Gasteiger partial charge in [-0.1, -0.05) is 0 Å². The second kappa shape index (κ2) is 6.95. The third-order valence-electron chi connectivity index (χ3n) is 5.65. The van der Waals surface area contributed by atoms with E-state index in [9.17, 15) is 0 Å². The zero-order valence-corrected chi connectivity index (χ0v) is 16.1. The van der Waals surface area contributed by atoms with Crippen LogP contribution in [-0.2, 0) is 6.54 Å². The Kier molecular flexibility index (Phi) is 4.65. The van der Waals surface area contributed by atoms with Crippen LogP contribution >= 0.6 is 0 Å². The van der Waals surface area contributed by atoms with Crippen molar-refractivity contribution in [1.82, 2.24) is 9.88 Å². The number of aromatic nitrogens is 1. The predicted octanol–water partition coefficient (Wildman–Crippen LogP) is 4.29. The molecule has 5 nitrogen and oxygen atoms in total. The predicted molar refractivity (Wildman–Crippen MR) is 100 cm³/mol. The minimum absolute atomic E-state index is 0.611. The monoisotopic (exact) mass is 356 g/mol. The molecule has 0 unspecified atom stereocenters. The van der Waals surface area contributed by atoms with Gasteiger partial charge < -0.3 is 13.9 Å². The van der Waals surface area contributed by atoms with Gasteiger partial charge in [0.15, 0.2) is 0 Å². The van der Waals surface area contributed by atoms with Gasteiger partial charge in [-0.25, -0.2) is 4.98 Å². The van der Waals surface area contributed by atoms with Crippen molar-refractivity contribution in [2.45, 2.75) is 45.2 Å². The number of ether oxygens (including phenoxy) is 2. The summed E-state index contributed by atoms with van der Waals surface area (Å²) in [5, 5.41) is 0. The molecule has 2 aromatic rings. The maximum Gasteiger partial charge on any atom is 0.230 e. The first-order valence-corrected chi connectivity index (χ1v) is 9.49. The maximum absolute atomic E-state index is 5.99. The lowest BCUT2D eigenvalue weighted by Crippen LogP contribution is -2.35.